The van der Waals surface area contributed by atoms with Crippen LogP contribution in [0.15, 0.2) is 22.8 Å². The first-order valence-electron chi connectivity index (χ1n) is 5.48. The van der Waals surface area contributed by atoms with Crippen LogP contribution in [0.2, 0.25) is 0 Å². The van der Waals surface area contributed by atoms with Gasteiger partial charge >= 0.3 is 5.97 Å². The maximum atomic E-state index is 11.7. The normalized spacial score (nSPS) is 10.4. The Hall–Kier alpha value is -1.69. The molecule has 2 rings (SSSR count). The van der Waals surface area contributed by atoms with Crippen LogP contribution in [-0.2, 0) is 4.74 Å². The monoisotopic (exact) mass is 309 g/mol. The summed E-state index contributed by atoms with van der Waals surface area (Å²) in [5, 5.41) is 0. The fourth-order valence-electron chi connectivity index (χ4n) is 1.53. The summed E-state index contributed by atoms with van der Waals surface area (Å²) in [7, 11) is 0. The lowest BCUT2D eigenvalue weighted by molar-refractivity contribution is 0.0519. The number of aryl methyl sites for hydroxylation is 1. The minimum Gasteiger partial charge on any atom is -0.461 e. The number of nitrogens with one attached hydrogen (secondary N) is 1. The van der Waals surface area contributed by atoms with Crippen LogP contribution < -0.4 is 0 Å². The number of aromatic amines is 1. The number of carbonyl (C=O) groups excluding carboxylic acids is 1. The molecule has 0 bridgehead atoms. The minimum absolute atomic E-state index is 0.296. The summed E-state index contributed by atoms with van der Waals surface area (Å²) in [5.74, 6) is 0.118. The standard InChI is InChI=1S/C12H12BrN3O2/c1-3-18-12(17)9-7(2)15-11(16-9)10-8(13)5-4-6-14-10/h4-6H,3H2,1-2H3,(H,15,16). The van der Waals surface area contributed by atoms with Gasteiger partial charge in [-0.25, -0.2) is 9.78 Å². The number of rotatable bonds is 3. The van der Waals surface area contributed by atoms with Crippen LogP contribution >= 0.6 is 15.9 Å². The Bertz CT molecular complexity index is 580. The number of carbonyl (C=O) groups is 1. The van der Waals surface area contributed by atoms with Crippen molar-refractivity contribution in [2.24, 2.45) is 0 Å². The number of aromatic nitrogens is 3. The molecule has 0 atom stereocenters. The SMILES string of the molecule is CCOC(=O)c1nc(-c2ncccc2Br)[nH]c1C. The molecule has 0 unspecified atom stereocenters. The summed E-state index contributed by atoms with van der Waals surface area (Å²) in [6.45, 7) is 3.86. The van der Waals surface area contributed by atoms with Gasteiger partial charge in [0.05, 0.1) is 6.61 Å². The molecule has 6 heteroatoms. The molecule has 0 spiro atoms. The molecule has 0 fully saturated rings. The number of hydrogen-bond donors (Lipinski definition) is 1. The number of imidazole rings is 1. The summed E-state index contributed by atoms with van der Waals surface area (Å²) in [5.41, 5.74) is 1.63. The number of esters is 1. The number of halogens is 1. The predicted molar refractivity (Wildman–Crippen MR) is 70.2 cm³/mol. The molecule has 2 aromatic rings. The first-order valence-corrected chi connectivity index (χ1v) is 6.27. The van der Waals surface area contributed by atoms with Crippen LogP contribution in [-0.4, -0.2) is 27.5 Å². The molecular weight excluding hydrogens is 298 g/mol. The van der Waals surface area contributed by atoms with Crippen molar-refractivity contribution in [3.63, 3.8) is 0 Å². The lowest BCUT2D eigenvalue weighted by Gasteiger charge is -1.98. The number of hydrogen-bond acceptors (Lipinski definition) is 4. The first-order chi connectivity index (χ1) is 8.63. The second kappa shape index (κ2) is 5.30. The van der Waals surface area contributed by atoms with E-state index >= 15 is 0 Å². The Kier molecular flexibility index (Phi) is 3.76. The summed E-state index contributed by atoms with van der Waals surface area (Å²) in [6, 6.07) is 3.68. The number of pyridine rings is 1. The predicted octanol–water partition coefficient (Wildman–Crippen LogP) is 2.72. The topological polar surface area (TPSA) is 67.9 Å². The van der Waals surface area contributed by atoms with Crippen molar-refractivity contribution >= 4 is 21.9 Å². The highest BCUT2D eigenvalue weighted by Gasteiger charge is 2.18. The van der Waals surface area contributed by atoms with Gasteiger partial charge in [-0.15, -0.1) is 0 Å². The smallest absolute Gasteiger partial charge is 0.358 e. The second-order valence-electron chi connectivity index (χ2n) is 3.61. The molecule has 0 saturated carbocycles. The van der Waals surface area contributed by atoms with Gasteiger partial charge in [0.1, 0.15) is 5.69 Å². The van der Waals surface area contributed by atoms with E-state index in [9.17, 15) is 4.79 Å². The van der Waals surface area contributed by atoms with E-state index < -0.39 is 5.97 Å². The number of ether oxygens (including phenoxy) is 1. The molecular formula is C12H12BrN3O2. The van der Waals surface area contributed by atoms with Gasteiger partial charge in [-0.3, -0.25) is 4.98 Å². The molecule has 94 valence electrons. The van der Waals surface area contributed by atoms with Gasteiger partial charge in [-0.05, 0) is 41.9 Å². The van der Waals surface area contributed by atoms with Gasteiger partial charge < -0.3 is 9.72 Å². The van der Waals surface area contributed by atoms with Gasteiger partial charge in [-0.2, -0.15) is 0 Å². The van der Waals surface area contributed by atoms with Crippen molar-refractivity contribution in [2.45, 2.75) is 13.8 Å². The lowest BCUT2D eigenvalue weighted by atomic mass is 10.3. The van der Waals surface area contributed by atoms with Crippen molar-refractivity contribution < 1.29 is 9.53 Å². The van der Waals surface area contributed by atoms with Crippen molar-refractivity contribution in [3.8, 4) is 11.5 Å². The third-order valence-corrected chi connectivity index (χ3v) is 2.98. The van der Waals surface area contributed by atoms with E-state index in [2.05, 4.69) is 30.9 Å². The molecule has 0 radical (unpaired) electrons. The van der Waals surface area contributed by atoms with Gasteiger partial charge in [0, 0.05) is 16.4 Å². The van der Waals surface area contributed by atoms with Gasteiger partial charge in [0.15, 0.2) is 11.5 Å². The molecule has 5 nitrogen and oxygen atoms in total. The third-order valence-electron chi connectivity index (χ3n) is 2.34. The van der Waals surface area contributed by atoms with Crippen LogP contribution in [0.4, 0.5) is 0 Å². The first kappa shape index (κ1) is 12.8. The van der Waals surface area contributed by atoms with E-state index in [1.807, 2.05) is 12.1 Å². The maximum Gasteiger partial charge on any atom is 0.358 e. The van der Waals surface area contributed by atoms with E-state index in [4.69, 9.17) is 4.74 Å². The molecule has 0 aliphatic carbocycles. The Morgan fingerprint density at radius 1 is 1.56 bits per heavy atom. The van der Waals surface area contributed by atoms with Crippen LogP contribution in [0.5, 0.6) is 0 Å². The Balaban J connectivity index is 2.41. The fraction of sp³-hybridized carbons (Fsp3) is 0.250. The van der Waals surface area contributed by atoms with Crippen LogP contribution in [0.1, 0.15) is 23.1 Å². The molecule has 0 amide bonds. The number of H-pyrrole nitrogens is 1. The highest BCUT2D eigenvalue weighted by molar-refractivity contribution is 9.10. The molecule has 0 aromatic carbocycles. The summed E-state index contributed by atoms with van der Waals surface area (Å²) in [4.78, 5) is 23.1. The van der Waals surface area contributed by atoms with Gasteiger partial charge in [0.2, 0.25) is 0 Å². The van der Waals surface area contributed by atoms with Crippen molar-refractivity contribution in [3.05, 3.63) is 34.2 Å². The molecule has 0 saturated heterocycles. The van der Waals surface area contributed by atoms with E-state index in [-0.39, 0.29) is 0 Å². The van der Waals surface area contributed by atoms with Crippen molar-refractivity contribution in [1.82, 2.24) is 15.0 Å². The molecule has 18 heavy (non-hydrogen) atoms. The Morgan fingerprint density at radius 2 is 2.33 bits per heavy atom. The second-order valence-corrected chi connectivity index (χ2v) is 4.47. The average Bonchev–Trinajstić information content (AvgIpc) is 2.72. The molecule has 1 N–H and O–H groups in total. The molecule has 2 aromatic heterocycles. The van der Waals surface area contributed by atoms with Gasteiger partial charge in [0.25, 0.3) is 0 Å². The van der Waals surface area contributed by atoms with Crippen molar-refractivity contribution in [2.75, 3.05) is 6.61 Å². The summed E-state index contributed by atoms with van der Waals surface area (Å²) >= 11 is 3.40. The Morgan fingerprint density at radius 3 is 3.00 bits per heavy atom. The largest absolute Gasteiger partial charge is 0.461 e. The van der Waals surface area contributed by atoms with E-state index in [1.165, 1.54) is 0 Å². The fourth-order valence-corrected chi connectivity index (χ4v) is 1.97. The van der Waals surface area contributed by atoms with Gasteiger partial charge in [-0.1, -0.05) is 0 Å². The van der Waals surface area contributed by atoms with E-state index in [0.29, 0.717) is 29.5 Å². The highest BCUT2D eigenvalue weighted by Crippen LogP contribution is 2.24. The maximum absolute atomic E-state index is 11.7. The van der Waals surface area contributed by atoms with Crippen LogP contribution in [0, 0.1) is 6.92 Å². The van der Waals surface area contributed by atoms with E-state index in [0.717, 1.165) is 4.47 Å². The highest BCUT2D eigenvalue weighted by atomic mass is 79.9. The average molecular weight is 310 g/mol. The molecule has 0 aliphatic heterocycles. The minimum atomic E-state index is -0.426. The Labute approximate surface area is 113 Å². The summed E-state index contributed by atoms with van der Waals surface area (Å²) < 4.78 is 5.75. The quantitative estimate of drug-likeness (QED) is 0.885. The zero-order chi connectivity index (χ0) is 13.1. The zero-order valence-electron chi connectivity index (χ0n) is 10.0. The van der Waals surface area contributed by atoms with Crippen LogP contribution in [0.3, 0.4) is 0 Å². The van der Waals surface area contributed by atoms with Crippen molar-refractivity contribution in [1.29, 1.82) is 0 Å². The third kappa shape index (κ3) is 2.43. The zero-order valence-corrected chi connectivity index (χ0v) is 11.6. The number of nitrogens with zero attached hydrogens (tertiary/aromatic N) is 2. The van der Waals surface area contributed by atoms with Crippen LogP contribution in [0.25, 0.3) is 11.5 Å². The lowest BCUT2D eigenvalue weighted by Crippen LogP contribution is -2.06. The van der Waals surface area contributed by atoms with E-state index in [1.54, 1.807) is 20.0 Å². The molecule has 2 heterocycles. The summed E-state index contributed by atoms with van der Waals surface area (Å²) in [6.07, 6.45) is 1.67. The molecule has 0 aliphatic rings.